The fourth-order valence-corrected chi connectivity index (χ4v) is 3.17. The number of benzene rings is 1. The van der Waals surface area contributed by atoms with Crippen molar-refractivity contribution in [1.29, 1.82) is 0 Å². The molecule has 1 aromatic rings. The number of carbonyl (C=O) groups excluding carboxylic acids is 2. The van der Waals surface area contributed by atoms with Crippen LogP contribution in [0.2, 0.25) is 0 Å². The van der Waals surface area contributed by atoms with Crippen molar-refractivity contribution >= 4 is 17.5 Å². The topological polar surface area (TPSA) is 78.4 Å². The minimum Gasteiger partial charge on any atom is -0.508 e. The standard InChI is InChI=1S/C16H18N2O3/c19-14-5-3-13(4-6-14)18-16(21)15(20)17-9-12-8-10-1-2-11(12)7-10/h1-6,10-12,19H,7-9H2,(H,17,20)(H,18,21)/t10-,11+,12+/m1/s1. The number of phenolic OH excluding ortho intramolecular Hbond substituents is 1. The van der Waals surface area contributed by atoms with Gasteiger partial charge in [0.25, 0.3) is 0 Å². The molecule has 5 nitrogen and oxygen atoms in total. The zero-order chi connectivity index (χ0) is 14.8. The van der Waals surface area contributed by atoms with E-state index in [0.29, 0.717) is 30.0 Å². The molecule has 0 saturated heterocycles. The SMILES string of the molecule is O=C(NC[C@@H]1C[C@@H]2C=C[C@H]1C2)C(=O)Nc1ccc(O)cc1. The maximum absolute atomic E-state index is 11.8. The van der Waals surface area contributed by atoms with Gasteiger partial charge in [-0.15, -0.1) is 0 Å². The van der Waals surface area contributed by atoms with E-state index in [-0.39, 0.29) is 5.75 Å². The quantitative estimate of drug-likeness (QED) is 0.449. The van der Waals surface area contributed by atoms with E-state index in [4.69, 9.17) is 5.11 Å². The van der Waals surface area contributed by atoms with Crippen LogP contribution in [-0.2, 0) is 9.59 Å². The molecule has 21 heavy (non-hydrogen) atoms. The summed E-state index contributed by atoms with van der Waals surface area (Å²) in [6.07, 6.45) is 6.75. The van der Waals surface area contributed by atoms with E-state index in [9.17, 15) is 9.59 Å². The third kappa shape index (κ3) is 3.07. The van der Waals surface area contributed by atoms with Crippen LogP contribution in [-0.4, -0.2) is 23.5 Å². The van der Waals surface area contributed by atoms with Crippen LogP contribution in [0.1, 0.15) is 12.8 Å². The summed E-state index contributed by atoms with van der Waals surface area (Å²) < 4.78 is 0. The zero-order valence-electron chi connectivity index (χ0n) is 11.6. The van der Waals surface area contributed by atoms with Gasteiger partial charge in [-0.05, 0) is 54.9 Å². The first kappa shape index (κ1) is 13.7. The molecule has 2 amide bonds. The molecule has 0 aromatic heterocycles. The lowest BCUT2D eigenvalue weighted by molar-refractivity contribution is -0.136. The molecule has 2 aliphatic carbocycles. The Bertz CT molecular complexity index is 580. The Balaban J connectivity index is 1.47. The van der Waals surface area contributed by atoms with Crippen molar-refractivity contribution in [2.24, 2.45) is 17.8 Å². The number of allylic oxidation sites excluding steroid dienone is 2. The second kappa shape index (κ2) is 5.60. The Hall–Kier alpha value is -2.30. The summed E-state index contributed by atoms with van der Waals surface area (Å²) in [5.74, 6) is 0.472. The normalized spacial score (nSPS) is 25.8. The van der Waals surface area contributed by atoms with Gasteiger partial charge in [-0.2, -0.15) is 0 Å². The molecule has 0 spiro atoms. The minimum atomic E-state index is -0.681. The number of hydrogen-bond donors (Lipinski definition) is 3. The highest BCUT2D eigenvalue weighted by Gasteiger charge is 2.35. The lowest BCUT2D eigenvalue weighted by Gasteiger charge is -2.18. The molecule has 3 atom stereocenters. The van der Waals surface area contributed by atoms with Gasteiger partial charge in [-0.25, -0.2) is 0 Å². The van der Waals surface area contributed by atoms with Gasteiger partial charge in [0.15, 0.2) is 0 Å². The highest BCUT2D eigenvalue weighted by atomic mass is 16.3. The third-order valence-corrected chi connectivity index (χ3v) is 4.27. The predicted octanol–water partition coefficient (Wildman–Crippen LogP) is 1.66. The number of hydrogen-bond acceptors (Lipinski definition) is 3. The Morgan fingerprint density at radius 2 is 1.86 bits per heavy atom. The van der Waals surface area contributed by atoms with E-state index in [1.807, 2.05) is 0 Å². The minimum absolute atomic E-state index is 0.113. The van der Waals surface area contributed by atoms with Crippen LogP contribution in [0.5, 0.6) is 5.75 Å². The van der Waals surface area contributed by atoms with Gasteiger partial charge in [0, 0.05) is 12.2 Å². The molecule has 110 valence electrons. The summed E-state index contributed by atoms with van der Waals surface area (Å²) >= 11 is 0. The molecule has 1 aromatic carbocycles. The number of nitrogens with one attached hydrogen (secondary N) is 2. The molecule has 0 radical (unpaired) electrons. The van der Waals surface area contributed by atoms with E-state index in [1.54, 1.807) is 12.1 Å². The van der Waals surface area contributed by atoms with Crippen molar-refractivity contribution in [2.45, 2.75) is 12.8 Å². The lowest BCUT2D eigenvalue weighted by Crippen LogP contribution is -2.38. The van der Waals surface area contributed by atoms with Gasteiger partial charge in [-0.3, -0.25) is 9.59 Å². The number of aromatic hydroxyl groups is 1. The van der Waals surface area contributed by atoms with Crippen molar-refractivity contribution in [3.05, 3.63) is 36.4 Å². The summed E-state index contributed by atoms with van der Waals surface area (Å²) in [5, 5.41) is 14.4. The first-order chi connectivity index (χ1) is 10.1. The Morgan fingerprint density at radius 3 is 2.48 bits per heavy atom. The van der Waals surface area contributed by atoms with Crippen LogP contribution in [0.15, 0.2) is 36.4 Å². The van der Waals surface area contributed by atoms with Crippen molar-refractivity contribution in [3.8, 4) is 5.75 Å². The molecular formula is C16H18N2O3. The largest absolute Gasteiger partial charge is 0.508 e. The number of anilines is 1. The summed E-state index contributed by atoms with van der Waals surface area (Å²) in [4.78, 5) is 23.5. The molecule has 1 fully saturated rings. The van der Waals surface area contributed by atoms with Crippen molar-refractivity contribution in [1.82, 2.24) is 5.32 Å². The van der Waals surface area contributed by atoms with Crippen molar-refractivity contribution in [2.75, 3.05) is 11.9 Å². The Kier molecular flexibility index (Phi) is 3.64. The van der Waals surface area contributed by atoms with Gasteiger partial charge in [-0.1, -0.05) is 12.2 Å². The first-order valence-corrected chi connectivity index (χ1v) is 7.18. The number of phenols is 1. The average Bonchev–Trinajstić information content (AvgIpc) is 3.09. The predicted molar refractivity (Wildman–Crippen MR) is 78.6 cm³/mol. The number of carbonyl (C=O) groups is 2. The molecule has 0 unspecified atom stereocenters. The highest BCUT2D eigenvalue weighted by molar-refractivity contribution is 6.39. The van der Waals surface area contributed by atoms with Gasteiger partial charge in [0.2, 0.25) is 0 Å². The Labute approximate surface area is 123 Å². The molecule has 3 rings (SSSR count). The van der Waals surface area contributed by atoms with Gasteiger partial charge < -0.3 is 15.7 Å². The van der Waals surface area contributed by atoms with Crippen LogP contribution in [0.3, 0.4) is 0 Å². The molecule has 0 heterocycles. The monoisotopic (exact) mass is 286 g/mol. The highest BCUT2D eigenvalue weighted by Crippen LogP contribution is 2.42. The fourth-order valence-electron chi connectivity index (χ4n) is 3.17. The third-order valence-electron chi connectivity index (χ3n) is 4.27. The lowest BCUT2D eigenvalue weighted by atomic mass is 9.94. The average molecular weight is 286 g/mol. The number of amides is 2. The smallest absolute Gasteiger partial charge is 0.313 e. The first-order valence-electron chi connectivity index (χ1n) is 7.18. The summed E-state index contributed by atoms with van der Waals surface area (Å²) in [7, 11) is 0. The number of fused-ring (bicyclic) bond motifs is 2. The van der Waals surface area contributed by atoms with Crippen molar-refractivity contribution < 1.29 is 14.7 Å². The molecule has 2 bridgehead atoms. The van der Waals surface area contributed by atoms with E-state index >= 15 is 0 Å². The van der Waals surface area contributed by atoms with Gasteiger partial charge in [0.1, 0.15) is 5.75 Å². The molecule has 3 N–H and O–H groups in total. The van der Waals surface area contributed by atoms with E-state index in [0.717, 1.165) is 6.42 Å². The molecule has 5 heteroatoms. The number of rotatable bonds is 3. The summed E-state index contributed by atoms with van der Waals surface area (Å²) in [6, 6.07) is 5.99. The van der Waals surface area contributed by atoms with E-state index in [1.165, 1.54) is 18.6 Å². The van der Waals surface area contributed by atoms with Crippen molar-refractivity contribution in [3.63, 3.8) is 0 Å². The van der Waals surface area contributed by atoms with Crippen LogP contribution in [0, 0.1) is 17.8 Å². The summed E-state index contributed by atoms with van der Waals surface area (Å²) in [6.45, 7) is 0.549. The summed E-state index contributed by atoms with van der Waals surface area (Å²) in [5.41, 5.74) is 0.482. The van der Waals surface area contributed by atoms with Gasteiger partial charge in [0.05, 0.1) is 0 Å². The second-order valence-electron chi connectivity index (χ2n) is 5.75. The second-order valence-corrected chi connectivity index (χ2v) is 5.75. The van der Waals surface area contributed by atoms with Crippen LogP contribution >= 0.6 is 0 Å². The zero-order valence-corrected chi connectivity index (χ0v) is 11.6. The van der Waals surface area contributed by atoms with E-state index in [2.05, 4.69) is 22.8 Å². The fraction of sp³-hybridized carbons (Fsp3) is 0.375. The van der Waals surface area contributed by atoms with Crippen LogP contribution < -0.4 is 10.6 Å². The molecular weight excluding hydrogens is 268 g/mol. The molecule has 0 aliphatic heterocycles. The maximum atomic E-state index is 11.8. The Morgan fingerprint density at radius 1 is 1.10 bits per heavy atom. The van der Waals surface area contributed by atoms with Gasteiger partial charge >= 0.3 is 11.8 Å². The maximum Gasteiger partial charge on any atom is 0.313 e. The van der Waals surface area contributed by atoms with E-state index < -0.39 is 11.8 Å². The molecule has 1 saturated carbocycles. The molecule has 2 aliphatic rings. The van der Waals surface area contributed by atoms with Crippen LogP contribution in [0.4, 0.5) is 5.69 Å². The van der Waals surface area contributed by atoms with Crippen LogP contribution in [0.25, 0.3) is 0 Å².